The fraction of sp³-hybridized carbons (Fsp3) is 0.462. The molecule has 1 amide bonds. The smallest absolute Gasteiger partial charge is 0.257 e. The van der Waals surface area contributed by atoms with Gasteiger partial charge in [-0.3, -0.25) is 4.79 Å². The molecule has 0 spiro atoms. The number of hydrogen-bond donors (Lipinski definition) is 1. The predicted molar refractivity (Wildman–Crippen MR) is 76.4 cm³/mol. The van der Waals surface area contributed by atoms with Gasteiger partial charge in [0, 0.05) is 31.2 Å². The minimum absolute atomic E-state index is 0.0886. The van der Waals surface area contributed by atoms with Crippen molar-refractivity contribution in [2.45, 2.75) is 6.92 Å². The van der Waals surface area contributed by atoms with E-state index in [9.17, 15) is 4.79 Å². The average Bonchev–Trinajstić information content (AvgIpc) is 2.42. The van der Waals surface area contributed by atoms with Gasteiger partial charge >= 0.3 is 0 Å². The maximum Gasteiger partial charge on any atom is 0.257 e. The van der Waals surface area contributed by atoms with Gasteiger partial charge in [-0.25, -0.2) is 0 Å². The fourth-order valence-electron chi connectivity index (χ4n) is 2.05. The first-order valence-electron chi connectivity index (χ1n) is 6.25. The fourth-order valence-corrected chi connectivity index (χ4v) is 2.60. The van der Waals surface area contributed by atoms with E-state index in [2.05, 4.69) is 5.32 Å². The Bertz CT molecular complexity index is 474. The van der Waals surface area contributed by atoms with Gasteiger partial charge in [-0.2, -0.15) is 0 Å². The Balaban J connectivity index is 2.33. The Labute approximate surface area is 122 Å². The molecule has 0 saturated carbocycles. The van der Waals surface area contributed by atoms with Gasteiger partial charge in [0.15, 0.2) is 5.75 Å². The number of halogens is 2. The molecular weight excluding hydrogens is 287 g/mol. The summed E-state index contributed by atoms with van der Waals surface area (Å²) in [5.74, 6) is 0.325. The van der Waals surface area contributed by atoms with E-state index in [0.717, 1.165) is 13.1 Å². The van der Waals surface area contributed by atoms with Crippen LogP contribution in [0, 0.1) is 0 Å². The van der Waals surface area contributed by atoms with Crippen molar-refractivity contribution in [3.05, 3.63) is 27.7 Å². The van der Waals surface area contributed by atoms with Crippen LogP contribution in [-0.2, 0) is 0 Å². The van der Waals surface area contributed by atoms with Crippen LogP contribution in [0.3, 0.4) is 0 Å². The molecule has 1 fully saturated rings. The number of benzene rings is 1. The van der Waals surface area contributed by atoms with E-state index in [0.29, 0.717) is 41.1 Å². The Morgan fingerprint density at radius 2 is 2.05 bits per heavy atom. The summed E-state index contributed by atoms with van der Waals surface area (Å²) in [6.07, 6.45) is 0. The van der Waals surface area contributed by atoms with Crippen molar-refractivity contribution >= 4 is 29.1 Å². The molecule has 1 saturated heterocycles. The molecule has 0 radical (unpaired) electrons. The Morgan fingerprint density at radius 1 is 1.37 bits per heavy atom. The molecule has 19 heavy (non-hydrogen) atoms. The van der Waals surface area contributed by atoms with Gasteiger partial charge in [-0.05, 0) is 19.1 Å². The zero-order chi connectivity index (χ0) is 13.8. The summed E-state index contributed by atoms with van der Waals surface area (Å²) < 4.78 is 5.48. The zero-order valence-electron chi connectivity index (χ0n) is 10.7. The van der Waals surface area contributed by atoms with Gasteiger partial charge in [0.05, 0.1) is 17.2 Å². The predicted octanol–water partition coefficient (Wildman–Crippen LogP) is 2.44. The molecule has 0 atom stereocenters. The van der Waals surface area contributed by atoms with Crippen molar-refractivity contribution in [2.24, 2.45) is 0 Å². The number of ether oxygens (including phenoxy) is 1. The van der Waals surface area contributed by atoms with E-state index in [1.54, 1.807) is 17.0 Å². The minimum atomic E-state index is -0.0886. The molecule has 1 aliphatic heterocycles. The number of piperazine rings is 1. The molecule has 4 nitrogen and oxygen atoms in total. The van der Waals surface area contributed by atoms with Crippen molar-refractivity contribution < 1.29 is 9.53 Å². The molecule has 2 rings (SSSR count). The summed E-state index contributed by atoms with van der Waals surface area (Å²) in [5.41, 5.74) is 0.432. The van der Waals surface area contributed by atoms with Crippen molar-refractivity contribution in [3.63, 3.8) is 0 Å². The highest BCUT2D eigenvalue weighted by Crippen LogP contribution is 2.33. The highest BCUT2D eigenvalue weighted by atomic mass is 35.5. The van der Waals surface area contributed by atoms with Crippen LogP contribution in [0.5, 0.6) is 5.75 Å². The summed E-state index contributed by atoms with van der Waals surface area (Å²) in [4.78, 5) is 14.3. The number of nitrogens with one attached hydrogen (secondary N) is 1. The number of nitrogens with zero attached hydrogens (tertiary/aromatic N) is 1. The van der Waals surface area contributed by atoms with Crippen LogP contribution in [0.25, 0.3) is 0 Å². The molecule has 1 aliphatic rings. The number of carbonyl (C=O) groups excluding carboxylic acids is 1. The van der Waals surface area contributed by atoms with Crippen molar-refractivity contribution in [1.82, 2.24) is 10.2 Å². The maximum atomic E-state index is 12.5. The maximum absolute atomic E-state index is 12.5. The molecule has 0 bridgehead atoms. The molecule has 1 N–H and O–H groups in total. The summed E-state index contributed by atoms with van der Waals surface area (Å²) >= 11 is 12.1. The molecule has 104 valence electrons. The lowest BCUT2D eigenvalue weighted by atomic mass is 10.1. The monoisotopic (exact) mass is 302 g/mol. The zero-order valence-corrected chi connectivity index (χ0v) is 12.2. The molecule has 0 unspecified atom stereocenters. The molecular formula is C13H16Cl2N2O2. The lowest BCUT2D eigenvalue weighted by Crippen LogP contribution is -2.46. The van der Waals surface area contributed by atoms with Gasteiger partial charge in [-0.1, -0.05) is 23.2 Å². The summed E-state index contributed by atoms with van der Waals surface area (Å²) in [6, 6.07) is 3.20. The van der Waals surface area contributed by atoms with Crippen LogP contribution in [0.1, 0.15) is 17.3 Å². The van der Waals surface area contributed by atoms with Gasteiger partial charge < -0.3 is 15.0 Å². The van der Waals surface area contributed by atoms with Crippen molar-refractivity contribution in [2.75, 3.05) is 32.8 Å². The molecule has 6 heteroatoms. The number of amides is 1. The van der Waals surface area contributed by atoms with E-state index in [4.69, 9.17) is 27.9 Å². The Morgan fingerprint density at radius 3 is 2.68 bits per heavy atom. The largest absolute Gasteiger partial charge is 0.491 e. The molecule has 0 aromatic heterocycles. The minimum Gasteiger partial charge on any atom is -0.491 e. The standard InChI is InChI=1S/C13H16Cl2N2O2/c1-2-19-12-10(7-9(14)8-11(12)15)13(18)17-5-3-16-4-6-17/h7-8,16H,2-6H2,1H3. The Hall–Kier alpha value is -0.970. The number of hydrogen-bond acceptors (Lipinski definition) is 3. The molecule has 1 heterocycles. The van der Waals surface area contributed by atoms with Gasteiger partial charge in [0.25, 0.3) is 5.91 Å². The Kier molecular flexibility index (Phi) is 4.91. The second-order valence-corrected chi connectivity index (χ2v) is 5.08. The summed E-state index contributed by atoms with van der Waals surface area (Å²) in [5, 5.41) is 4.01. The lowest BCUT2D eigenvalue weighted by Gasteiger charge is -2.28. The van der Waals surface area contributed by atoms with Crippen LogP contribution < -0.4 is 10.1 Å². The molecule has 1 aromatic rings. The average molecular weight is 303 g/mol. The van der Waals surface area contributed by atoms with E-state index in [1.165, 1.54) is 0 Å². The third kappa shape index (κ3) is 3.32. The number of rotatable bonds is 3. The van der Waals surface area contributed by atoms with Crippen LogP contribution >= 0.6 is 23.2 Å². The van der Waals surface area contributed by atoms with Crippen LogP contribution in [0.4, 0.5) is 0 Å². The van der Waals surface area contributed by atoms with Crippen molar-refractivity contribution in [3.8, 4) is 5.75 Å². The second kappa shape index (κ2) is 6.46. The third-order valence-electron chi connectivity index (χ3n) is 2.93. The number of carbonyl (C=O) groups is 1. The van der Waals surface area contributed by atoms with Crippen LogP contribution in [0.15, 0.2) is 12.1 Å². The van der Waals surface area contributed by atoms with E-state index in [1.807, 2.05) is 6.92 Å². The topological polar surface area (TPSA) is 41.6 Å². The van der Waals surface area contributed by atoms with Gasteiger partial charge in [0.1, 0.15) is 0 Å². The SMILES string of the molecule is CCOc1c(Cl)cc(Cl)cc1C(=O)N1CCNCC1. The molecule has 1 aromatic carbocycles. The molecule has 0 aliphatic carbocycles. The van der Waals surface area contributed by atoms with Crippen molar-refractivity contribution in [1.29, 1.82) is 0 Å². The van der Waals surface area contributed by atoms with Gasteiger partial charge in [-0.15, -0.1) is 0 Å². The van der Waals surface area contributed by atoms with Crippen LogP contribution in [-0.4, -0.2) is 43.6 Å². The highest BCUT2D eigenvalue weighted by molar-refractivity contribution is 6.36. The van der Waals surface area contributed by atoms with E-state index in [-0.39, 0.29) is 5.91 Å². The highest BCUT2D eigenvalue weighted by Gasteiger charge is 2.23. The first-order valence-corrected chi connectivity index (χ1v) is 7.01. The van der Waals surface area contributed by atoms with Crippen LogP contribution in [0.2, 0.25) is 10.0 Å². The lowest BCUT2D eigenvalue weighted by molar-refractivity contribution is 0.0731. The summed E-state index contributed by atoms with van der Waals surface area (Å²) in [6.45, 7) is 5.24. The summed E-state index contributed by atoms with van der Waals surface area (Å²) in [7, 11) is 0. The third-order valence-corrected chi connectivity index (χ3v) is 3.43. The quantitative estimate of drug-likeness (QED) is 0.932. The van der Waals surface area contributed by atoms with E-state index < -0.39 is 0 Å². The van der Waals surface area contributed by atoms with Gasteiger partial charge in [0.2, 0.25) is 0 Å². The normalized spacial score (nSPS) is 15.4. The van der Waals surface area contributed by atoms with E-state index >= 15 is 0 Å². The first kappa shape index (κ1) is 14.4. The second-order valence-electron chi connectivity index (χ2n) is 4.24. The first-order chi connectivity index (χ1) is 9.13.